The topological polar surface area (TPSA) is 39.8 Å². The molecule has 3 rings (SSSR count). The van der Waals surface area contributed by atoms with Crippen molar-refractivity contribution in [3.05, 3.63) is 28.7 Å². The fourth-order valence-electron chi connectivity index (χ4n) is 2.72. The second kappa shape index (κ2) is 4.26. The van der Waals surface area contributed by atoms with Gasteiger partial charge in [-0.1, -0.05) is 26.2 Å². The van der Waals surface area contributed by atoms with Crippen LogP contribution in [-0.2, 0) is 0 Å². The SMILES string of the molecule is C[C@H]1CCCC[C@H]1c1nc2cc[n+]([O-])cc2s1. The first-order valence-corrected chi connectivity index (χ1v) is 7.05. The molecule has 0 spiro atoms. The van der Waals surface area contributed by atoms with Crippen LogP contribution in [0.1, 0.15) is 43.5 Å². The molecule has 1 fully saturated rings. The molecule has 0 bridgehead atoms. The van der Waals surface area contributed by atoms with E-state index in [9.17, 15) is 5.21 Å². The molecular weight excluding hydrogens is 232 g/mol. The molecule has 4 heteroatoms. The van der Waals surface area contributed by atoms with Crippen LogP contribution in [-0.4, -0.2) is 4.98 Å². The largest absolute Gasteiger partial charge is 0.619 e. The van der Waals surface area contributed by atoms with Gasteiger partial charge in [0.1, 0.15) is 4.70 Å². The predicted octanol–water partition coefficient (Wildman–Crippen LogP) is 3.22. The molecule has 0 aromatic carbocycles. The first-order chi connectivity index (χ1) is 8.24. The van der Waals surface area contributed by atoms with Gasteiger partial charge in [0.25, 0.3) is 0 Å². The Hall–Kier alpha value is -1.16. The molecule has 17 heavy (non-hydrogen) atoms. The van der Waals surface area contributed by atoms with Gasteiger partial charge in [-0.05, 0) is 12.3 Å². The van der Waals surface area contributed by atoms with Crippen molar-refractivity contribution in [1.29, 1.82) is 0 Å². The number of hydrogen-bond donors (Lipinski definition) is 0. The van der Waals surface area contributed by atoms with Crippen molar-refractivity contribution in [2.75, 3.05) is 0 Å². The standard InChI is InChI=1S/C13H16N2OS/c1-9-4-2-3-5-10(9)13-14-11-6-7-15(16)8-12(11)17-13/h6-10H,2-5H2,1H3/t9-,10+/m0/s1. The zero-order valence-electron chi connectivity index (χ0n) is 9.93. The zero-order valence-corrected chi connectivity index (χ0v) is 10.7. The normalized spacial score (nSPS) is 25.2. The maximum atomic E-state index is 11.2. The number of hydrogen-bond acceptors (Lipinski definition) is 3. The molecule has 2 aromatic rings. The fraction of sp³-hybridized carbons (Fsp3) is 0.538. The zero-order chi connectivity index (χ0) is 11.8. The maximum Gasteiger partial charge on any atom is 0.199 e. The van der Waals surface area contributed by atoms with E-state index in [1.54, 1.807) is 17.5 Å². The summed E-state index contributed by atoms with van der Waals surface area (Å²) < 4.78 is 1.87. The van der Waals surface area contributed by atoms with Gasteiger partial charge >= 0.3 is 0 Å². The Labute approximate surface area is 105 Å². The summed E-state index contributed by atoms with van der Waals surface area (Å²) in [6.45, 7) is 2.32. The van der Waals surface area contributed by atoms with Crippen LogP contribution in [0.4, 0.5) is 0 Å². The molecule has 2 atom stereocenters. The molecule has 1 saturated carbocycles. The molecule has 2 aromatic heterocycles. The van der Waals surface area contributed by atoms with Gasteiger partial charge in [0.05, 0.1) is 10.5 Å². The van der Waals surface area contributed by atoms with Crippen LogP contribution in [0, 0.1) is 11.1 Å². The van der Waals surface area contributed by atoms with Gasteiger partial charge in [0.15, 0.2) is 12.4 Å². The Bertz CT molecular complexity index is 537. The number of aromatic nitrogens is 2. The molecule has 1 aliphatic carbocycles. The van der Waals surface area contributed by atoms with Crippen molar-refractivity contribution in [2.24, 2.45) is 5.92 Å². The summed E-state index contributed by atoms with van der Waals surface area (Å²) in [6, 6.07) is 1.82. The number of pyridine rings is 1. The van der Waals surface area contributed by atoms with Gasteiger partial charge < -0.3 is 5.21 Å². The van der Waals surface area contributed by atoms with E-state index in [1.807, 2.05) is 6.07 Å². The van der Waals surface area contributed by atoms with Crippen molar-refractivity contribution in [1.82, 2.24) is 4.98 Å². The molecule has 0 unspecified atom stereocenters. The van der Waals surface area contributed by atoms with Crippen LogP contribution >= 0.6 is 11.3 Å². The Kier molecular flexibility index (Phi) is 2.74. The van der Waals surface area contributed by atoms with Crippen molar-refractivity contribution in [3.63, 3.8) is 0 Å². The second-order valence-electron chi connectivity index (χ2n) is 4.97. The van der Waals surface area contributed by atoms with Crippen LogP contribution in [0.3, 0.4) is 0 Å². The van der Waals surface area contributed by atoms with E-state index in [1.165, 1.54) is 36.9 Å². The third-order valence-electron chi connectivity index (χ3n) is 3.75. The molecule has 0 saturated heterocycles. The van der Waals surface area contributed by atoms with Gasteiger partial charge in [-0.2, -0.15) is 4.73 Å². The maximum absolute atomic E-state index is 11.2. The number of thiazole rings is 1. The molecule has 90 valence electrons. The highest BCUT2D eigenvalue weighted by Gasteiger charge is 2.25. The number of rotatable bonds is 1. The lowest BCUT2D eigenvalue weighted by Gasteiger charge is -2.26. The van der Waals surface area contributed by atoms with E-state index in [4.69, 9.17) is 4.98 Å². The predicted molar refractivity (Wildman–Crippen MR) is 69.0 cm³/mol. The smallest absolute Gasteiger partial charge is 0.199 e. The van der Waals surface area contributed by atoms with Crippen molar-refractivity contribution >= 4 is 21.6 Å². The van der Waals surface area contributed by atoms with E-state index >= 15 is 0 Å². The Morgan fingerprint density at radius 1 is 1.41 bits per heavy atom. The summed E-state index contributed by atoms with van der Waals surface area (Å²) >= 11 is 1.69. The van der Waals surface area contributed by atoms with E-state index in [0.717, 1.165) is 20.9 Å². The summed E-state index contributed by atoms with van der Waals surface area (Å²) in [5.74, 6) is 1.32. The second-order valence-corrected chi connectivity index (χ2v) is 6.04. The van der Waals surface area contributed by atoms with Crippen molar-refractivity contribution in [2.45, 2.75) is 38.5 Å². The van der Waals surface area contributed by atoms with Gasteiger partial charge in [-0.3, -0.25) is 0 Å². The summed E-state index contributed by atoms with van der Waals surface area (Å²) in [4.78, 5) is 4.69. The van der Waals surface area contributed by atoms with Crippen molar-refractivity contribution < 1.29 is 4.73 Å². The first kappa shape index (κ1) is 11.0. The van der Waals surface area contributed by atoms with Gasteiger partial charge in [0.2, 0.25) is 0 Å². The molecule has 0 N–H and O–H groups in total. The summed E-state index contributed by atoms with van der Waals surface area (Å²) in [5, 5.41) is 12.4. The number of fused-ring (bicyclic) bond motifs is 1. The Morgan fingerprint density at radius 3 is 3.06 bits per heavy atom. The molecule has 2 heterocycles. The third kappa shape index (κ3) is 2.02. The van der Waals surface area contributed by atoms with E-state index in [-0.39, 0.29) is 0 Å². The lowest BCUT2D eigenvalue weighted by atomic mass is 9.81. The summed E-state index contributed by atoms with van der Waals surface area (Å²) in [5.41, 5.74) is 0.967. The van der Waals surface area contributed by atoms with Crippen LogP contribution in [0.2, 0.25) is 0 Å². The van der Waals surface area contributed by atoms with Crippen LogP contribution in [0.5, 0.6) is 0 Å². The van der Waals surface area contributed by atoms with Gasteiger partial charge in [-0.25, -0.2) is 4.98 Å². The molecular formula is C13H16N2OS. The van der Waals surface area contributed by atoms with Crippen LogP contribution in [0.15, 0.2) is 18.5 Å². The van der Waals surface area contributed by atoms with E-state index in [2.05, 4.69) is 6.92 Å². The molecule has 0 radical (unpaired) electrons. The first-order valence-electron chi connectivity index (χ1n) is 6.23. The van der Waals surface area contributed by atoms with Gasteiger partial charge in [-0.15, -0.1) is 11.3 Å². The highest BCUT2D eigenvalue weighted by Crippen LogP contribution is 2.40. The van der Waals surface area contributed by atoms with Crippen LogP contribution in [0.25, 0.3) is 10.2 Å². The van der Waals surface area contributed by atoms with E-state index in [0.29, 0.717) is 5.92 Å². The minimum absolute atomic E-state index is 0.598. The Balaban J connectivity index is 1.99. The highest BCUT2D eigenvalue weighted by atomic mass is 32.1. The monoisotopic (exact) mass is 248 g/mol. The highest BCUT2D eigenvalue weighted by molar-refractivity contribution is 7.18. The molecule has 0 amide bonds. The molecule has 0 aliphatic heterocycles. The van der Waals surface area contributed by atoms with Crippen LogP contribution < -0.4 is 4.73 Å². The minimum Gasteiger partial charge on any atom is -0.619 e. The van der Waals surface area contributed by atoms with Crippen molar-refractivity contribution in [3.8, 4) is 0 Å². The average molecular weight is 248 g/mol. The minimum atomic E-state index is 0.598. The fourth-order valence-corrected chi connectivity index (χ4v) is 3.96. The van der Waals surface area contributed by atoms with E-state index < -0.39 is 0 Å². The van der Waals surface area contributed by atoms with Gasteiger partial charge in [0, 0.05) is 12.0 Å². The molecule has 1 aliphatic rings. The summed E-state index contributed by atoms with van der Waals surface area (Å²) in [6.07, 6.45) is 8.37. The molecule has 3 nitrogen and oxygen atoms in total. The third-order valence-corrected chi connectivity index (χ3v) is 4.89. The lowest BCUT2D eigenvalue weighted by molar-refractivity contribution is -0.603. The summed E-state index contributed by atoms with van der Waals surface area (Å²) in [7, 11) is 0. The quantitative estimate of drug-likeness (QED) is 0.574. The average Bonchev–Trinajstić information content (AvgIpc) is 2.72. The Morgan fingerprint density at radius 2 is 2.24 bits per heavy atom. The number of nitrogens with zero attached hydrogens (tertiary/aromatic N) is 2. The lowest BCUT2D eigenvalue weighted by Crippen LogP contribution is -2.23.